The zero-order chi connectivity index (χ0) is 19.8. The molecule has 0 aliphatic heterocycles. The number of nitrogens with one attached hydrogen (secondary N) is 1. The van der Waals surface area contributed by atoms with Gasteiger partial charge in [-0.15, -0.1) is 0 Å². The zero-order valence-corrected chi connectivity index (χ0v) is 18.0. The highest BCUT2D eigenvalue weighted by Crippen LogP contribution is 2.15. The Morgan fingerprint density at radius 2 is 1.89 bits per heavy atom. The topological polar surface area (TPSA) is 58.6 Å². The van der Waals surface area contributed by atoms with E-state index in [9.17, 15) is 9.59 Å². The first-order valence-corrected chi connectivity index (χ1v) is 9.99. The predicted molar refractivity (Wildman–Crippen MR) is 115 cm³/mol. The number of nitrogens with zero attached hydrogens (tertiary/aromatic N) is 1. The van der Waals surface area contributed by atoms with E-state index in [0.717, 1.165) is 14.7 Å². The summed E-state index contributed by atoms with van der Waals surface area (Å²) in [5.41, 5.74) is 2.09. The molecule has 0 bridgehead atoms. The van der Waals surface area contributed by atoms with Crippen molar-refractivity contribution < 1.29 is 14.3 Å². The molecule has 0 aromatic heterocycles. The SMILES string of the molecule is CCNC(=O)[C@H](C)N(Cc1cccc(C)c1)C(=O)COc1ccc(I)cc1. The van der Waals surface area contributed by atoms with Crippen LogP contribution < -0.4 is 10.1 Å². The minimum Gasteiger partial charge on any atom is -0.484 e. The second kappa shape index (κ2) is 10.3. The Morgan fingerprint density at radius 1 is 1.19 bits per heavy atom. The largest absolute Gasteiger partial charge is 0.484 e. The van der Waals surface area contributed by atoms with Crippen LogP contribution in [0.3, 0.4) is 0 Å². The van der Waals surface area contributed by atoms with Gasteiger partial charge in [0.2, 0.25) is 5.91 Å². The van der Waals surface area contributed by atoms with Crippen molar-refractivity contribution in [3.05, 3.63) is 63.2 Å². The molecule has 2 rings (SSSR count). The highest BCUT2D eigenvalue weighted by Gasteiger charge is 2.26. The average molecular weight is 480 g/mol. The quantitative estimate of drug-likeness (QED) is 0.589. The summed E-state index contributed by atoms with van der Waals surface area (Å²) in [7, 11) is 0. The monoisotopic (exact) mass is 480 g/mol. The van der Waals surface area contributed by atoms with Crippen molar-refractivity contribution in [1.29, 1.82) is 0 Å². The third-order valence-electron chi connectivity index (χ3n) is 4.13. The van der Waals surface area contributed by atoms with E-state index in [-0.39, 0.29) is 18.4 Å². The Balaban J connectivity index is 2.12. The van der Waals surface area contributed by atoms with Crippen LogP contribution in [0.1, 0.15) is 25.0 Å². The standard InChI is InChI=1S/C21H25IN2O3/c1-4-23-21(26)16(3)24(13-17-7-5-6-15(2)12-17)20(25)14-27-19-10-8-18(22)9-11-19/h5-12,16H,4,13-14H2,1-3H3,(H,23,26)/t16-/m0/s1. The molecule has 6 heteroatoms. The Hall–Kier alpha value is -2.09. The first-order valence-electron chi connectivity index (χ1n) is 8.91. The number of amides is 2. The molecular formula is C21H25IN2O3. The van der Waals surface area contributed by atoms with Crippen LogP contribution in [0.5, 0.6) is 5.75 Å². The molecule has 0 spiro atoms. The molecule has 0 radical (unpaired) electrons. The van der Waals surface area contributed by atoms with Crippen molar-refractivity contribution >= 4 is 34.4 Å². The molecule has 0 fully saturated rings. The second-order valence-corrected chi connectivity index (χ2v) is 7.57. The molecule has 0 heterocycles. The van der Waals surface area contributed by atoms with E-state index in [1.807, 2.05) is 62.4 Å². The van der Waals surface area contributed by atoms with Crippen molar-refractivity contribution in [2.45, 2.75) is 33.4 Å². The number of carbonyl (C=O) groups excluding carboxylic acids is 2. The Bertz CT molecular complexity index is 777. The molecule has 1 N–H and O–H groups in total. The number of hydrogen-bond acceptors (Lipinski definition) is 3. The lowest BCUT2D eigenvalue weighted by Crippen LogP contribution is -2.49. The number of hydrogen-bond donors (Lipinski definition) is 1. The van der Waals surface area contributed by atoms with Crippen LogP contribution in [0.15, 0.2) is 48.5 Å². The maximum atomic E-state index is 12.8. The highest BCUT2D eigenvalue weighted by molar-refractivity contribution is 14.1. The van der Waals surface area contributed by atoms with E-state index in [0.29, 0.717) is 18.8 Å². The second-order valence-electron chi connectivity index (χ2n) is 6.32. The number of rotatable bonds is 8. The maximum absolute atomic E-state index is 12.8. The smallest absolute Gasteiger partial charge is 0.261 e. The van der Waals surface area contributed by atoms with Gasteiger partial charge in [-0.2, -0.15) is 0 Å². The van der Waals surface area contributed by atoms with E-state index in [2.05, 4.69) is 27.9 Å². The molecule has 0 aliphatic carbocycles. The first-order chi connectivity index (χ1) is 12.9. The van der Waals surface area contributed by atoms with Gasteiger partial charge in [0.1, 0.15) is 11.8 Å². The lowest BCUT2D eigenvalue weighted by molar-refractivity contribution is -0.142. The van der Waals surface area contributed by atoms with Crippen molar-refractivity contribution in [1.82, 2.24) is 10.2 Å². The van der Waals surface area contributed by atoms with Gasteiger partial charge in [-0.25, -0.2) is 0 Å². The number of aryl methyl sites for hydroxylation is 1. The van der Waals surface area contributed by atoms with Crippen molar-refractivity contribution in [2.24, 2.45) is 0 Å². The van der Waals surface area contributed by atoms with Crippen molar-refractivity contribution in [2.75, 3.05) is 13.2 Å². The Kier molecular flexibility index (Phi) is 8.09. The summed E-state index contributed by atoms with van der Waals surface area (Å²) < 4.78 is 6.72. The van der Waals surface area contributed by atoms with Gasteiger partial charge in [-0.05, 0) is 73.2 Å². The van der Waals surface area contributed by atoms with Gasteiger partial charge in [0, 0.05) is 16.7 Å². The Morgan fingerprint density at radius 3 is 2.52 bits per heavy atom. The molecule has 0 saturated heterocycles. The lowest BCUT2D eigenvalue weighted by atomic mass is 10.1. The molecule has 1 atom stereocenters. The van der Waals surface area contributed by atoms with Crippen LogP contribution in [0, 0.1) is 10.5 Å². The number of ether oxygens (including phenoxy) is 1. The van der Waals surface area contributed by atoms with E-state index in [4.69, 9.17) is 4.74 Å². The third-order valence-corrected chi connectivity index (χ3v) is 4.85. The lowest BCUT2D eigenvalue weighted by Gasteiger charge is -2.28. The fraction of sp³-hybridized carbons (Fsp3) is 0.333. The first kappa shape index (κ1) is 21.2. The highest BCUT2D eigenvalue weighted by atomic mass is 127. The van der Waals surface area contributed by atoms with Crippen LogP contribution in [0.25, 0.3) is 0 Å². The fourth-order valence-electron chi connectivity index (χ4n) is 2.67. The molecule has 2 aromatic carbocycles. The van der Waals surface area contributed by atoms with Gasteiger partial charge >= 0.3 is 0 Å². The van der Waals surface area contributed by atoms with Gasteiger partial charge < -0.3 is 15.0 Å². The van der Waals surface area contributed by atoms with E-state index in [1.54, 1.807) is 11.8 Å². The van der Waals surface area contributed by atoms with Crippen molar-refractivity contribution in [3.8, 4) is 5.75 Å². The molecule has 2 aromatic rings. The molecule has 0 saturated carbocycles. The minimum absolute atomic E-state index is 0.115. The maximum Gasteiger partial charge on any atom is 0.261 e. The summed E-state index contributed by atoms with van der Waals surface area (Å²) in [6.45, 7) is 6.36. The predicted octanol–water partition coefficient (Wildman–Crippen LogP) is 3.53. The summed E-state index contributed by atoms with van der Waals surface area (Å²) in [6.07, 6.45) is 0. The minimum atomic E-state index is -0.585. The summed E-state index contributed by atoms with van der Waals surface area (Å²) in [5.74, 6) is 0.228. The number of carbonyl (C=O) groups is 2. The van der Waals surface area contributed by atoms with E-state index >= 15 is 0 Å². The van der Waals surface area contributed by atoms with Crippen LogP contribution >= 0.6 is 22.6 Å². The molecule has 144 valence electrons. The number of likely N-dealkylation sites (N-methyl/N-ethyl adjacent to an activating group) is 1. The average Bonchev–Trinajstić information content (AvgIpc) is 2.65. The molecular weight excluding hydrogens is 455 g/mol. The third kappa shape index (κ3) is 6.53. The fourth-order valence-corrected chi connectivity index (χ4v) is 3.03. The van der Waals surface area contributed by atoms with Crippen LogP contribution in [0.4, 0.5) is 0 Å². The summed E-state index contributed by atoms with van der Waals surface area (Å²) >= 11 is 2.21. The van der Waals surface area contributed by atoms with Crippen LogP contribution in [-0.2, 0) is 16.1 Å². The zero-order valence-electron chi connectivity index (χ0n) is 15.9. The summed E-state index contributed by atoms with van der Waals surface area (Å²) in [5, 5.41) is 2.78. The van der Waals surface area contributed by atoms with Crippen LogP contribution in [-0.4, -0.2) is 35.9 Å². The van der Waals surface area contributed by atoms with Gasteiger partial charge in [0.05, 0.1) is 0 Å². The van der Waals surface area contributed by atoms with Crippen molar-refractivity contribution in [3.63, 3.8) is 0 Å². The van der Waals surface area contributed by atoms with Gasteiger partial charge in [-0.1, -0.05) is 29.8 Å². The molecule has 27 heavy (non-hydrogen) atoms. The summed E-state index contributed by atoms with van der Waals surface area (Å²) in [4.78, 5) is 26.7. The van der Waals surface area contributed by atoms with E-state index in [1.165, 1.54) is 0 Å². The van der Waals surface area contributed by atoms with Gasteiger partial charge in [0.25, 0.3) is 5.91 Å². The van der Waals surface area contributed by atoms with E-state index < -0.39 is 6.04 Å². The van der Waals surface area contributed by atoms with Gasteiger partial charge in [0.15, 0.2) is 6.61 Å². The number of benzene rings is 2. The molecule has 2 amide bonds. The van der Waals surface area contributed by atoms with Crippen LogP contribution in [0.2, 0.25) is 0 Å². The normalized spacial score (nSPS) is 11.6. The Labute approximate surface area is 174 Å². The molecule has 5 nitrogen and oxygen atoms in total. The molecule has 0 unspecified atom stereocenters. The molecule has 0 aliphatic rings. The number of halogens is 1. The summed E-state index contributed by atoms with van der Waals surface area (Å²) in [6, 6.07) is 14.8. The van der Waals surface area contributed by atoms with Gasteiger partial charge in [-0.3, -0.25) is 9.59 Å².